The Balaban J connectivity index is 1.66. The fourth-order valence-electron chi connectivity index (χ4n) is 3.83. The number of pyridine rings is 2. The molecule has 0 fully saturated rings. The molecule has 0 aliphatic heterocycles. The van der Waals surface area contributed by atoms with Crippen molar-refractivity contribution in [1.29, 1.82) is 0 Å². The van der Waals surface area contributed by atoms with Gasteiger partial charge < -0.3 is 10.0 Å². The number of benzene rings is 1. The van der Waals surface area contributed by atoms with Crippen LogP contribution >= 0.6 is 0 Å². The predicted molar refractivity (Wildman–Crippen MR) is 121 cm³/mol. The molecule has 1 aromatic carbocycles. The van der Waals surface area contributed by atoms with Gasteiger partial charge in [-0.15, -0.1) is 0 Å². The molecule has 3 aromatic heterocycles. The van der Waals surface area contributed by atoms with Crippen molar-refractivity contribution in [3.63, 3.8) is 0 Å². The lowest BCUT2D eigenvalue weighted by atomic mass is 10.0. The number of rotatable bonds is 5. The minimum Gasteiger partial charge on any atom is -0.394 e. The number of nitrogens with zero attached hydrogens (tertiary/aromatic N) is 5. The largest absolute Gasteiger partial charge is 0.433 e. The number of fused-ring (bicyclic) bond motifs is 1. The molecule has 176 valence electrons. The van der Waals surface area contributed by atoms with E-state index in [0.717, 1.165) is 17.2 Å². The maximum absolute atomic E-state index is 13.1. The standard InChI is InChI=1S/C24H22F3N5O2/c1-14-12-16(4-7-19(14)31(3)23(34)20-8-9-28-32(20)10-11-33)17-5-6-18-22(30-17)15(2)13-21(29-18)24(25,26)27/h4-9,12-13,33H,10-11H2,1-3H3. The van der Waals surface area contributed by atoms with Gasteiger partial charge in [0.15, 0.2) is 0 Å². The zero-order valence-electron chi connectivity index (χ0n) is 18.8. The van der Waals surface area contributed by atoms with Crippen molar-refractivity contribution in [1.82, 2.24) is 19.7 Å². The van der Waals surface area contributed by atoms with E-state index in [9.17, 15) is 18.0 Å². The predicted octanol–water partition coefficient (Wildman–Crippen LogP) is 4.40. The van der Waals surface area contributed by atoms with Crippen LogP contribution in [0.1, 0.15) is 27.3 Å². The minimum absolute atomic E-state index is 0.134. The van der Waals surface area contributed by atoms with Gasteiger partial charge in [-0.05, 0) is 61.4 Å². The number of aryl methyl sites for hydroxylation is 2. The molecule has 0 unspecified atom stereocenters. The number of hydrogen-bond acceptors (Lipinski definition) is 5. The highest BCUT2D eigenvalue weighted by atomic mass is 19.4. The third kappa shape index (κ3) is 4.36. The number of aliphatic hydroxyl groups excluding tert-OH is 1. The Bertz CT molecular complexity index is 1380. The van der Waals surface area contributed by atoms with Gasteiger partial charge in [-0.3, -0.25) is 9.48 Å². The van der Waals surface area contributed by atoms with E-state index in [0.29, 0.717) is 28.2 Å². The van der Waals surface area contributed by atoms with Crippen LogP contribution in [0.25, 0.3) is 22.3 Å². The van der Waals surface area contributed by atoms with Gasteiger partial charge >= 0.3 is 6.18 Å². The van der Waals surface area contributed by atoms with E-state index in [1.54, 1.807) is 38.2 Å². The zero-order valence-corrected chi connectivity index (χ0v) is 18.8. The zero-order chi connectivity index (χ0) is 24.6. The summed E-state index contributed by atoms with van der Waals surface area (Å²) in [7, 11) is 1.65. The number of anilines is 1. The summed E-state index contributed by atoms with van der Waals surface area (Å²) in [5, 5.41) is 13.2. The molecular formula is C24H22F3N5O2. The average Bonchev–Trinajstić information content (AvgIpc) is 3.25. The number of carbonyl (C=O) groups is 1. The summed E-state index contributed by atoms with van der Waals surface area (Å²) < 4.78 is 40.7. The fourth-order valence-corrected chi connectivity index (χ4v) is 3.83. The number of halogens is 3. The van der Waals surface area contributed by atoms with Crippen LogP contribution in [0.3, 0.4) is 0 Å². The molecule has 1 amide bonds. The van der Waals surface area contributed by atoms with E-state index in [4.69, 9.17) is 5.11 Å². The molecule has 0 spiro atoms. The molecule has 4 aromatic rings. The number of carbonyl (C=O) groups excluding carboxylic acids is 1. The summed E-state index contributed by atoms with van der Waals surface area (Å²) in [6.45, 7) is 3.51. The Morgan fingerprint density at radius 2 is 1.82 bits per heavy atom. The van der Waals surface area contributed by atoms with Crippen LogP contribution in [0.15, 0.2) is 48.7 Å². The highest BCUT2D eigenvalue weighted by molar-refractivity contribution is 6.05. The average molecular weight is 469 g/mol. The summed E-state index contributed by atoms with van der Waals surface area (Å²) in [4.78, 5) is 22.7. The van der Waals surface area contributed by atoms with Crippen molar-refractivity contribution < 1.29 is 23.1 Å². The summed E-state index contributed by atoms with van der Waals surface area (Å²) in [6, 6.07) is 11.2. The van der Waals surface area contributed by atoms with E-state index in [1.807, 2.05) is 13.0 Å². The van der Waals surface area contributed by atoms with Crippen LogP contribution in [-0.2, 0) is 12.7 Å². The van der Waals surface area contributed by atoms with Crippen molar-refractivity contribution in [2.75, 3.05) is 18.6 Å². The molecule has 1 N–H and O–H groups in total. The molecule has 0 aliphatic carbocycles. The Labute approximate surface area is 193 Å². The van der Waals surface area contributed by atoms with Gasteiger partial charge in [0.1, 0.15) is 11.4 Å². The molecule has 4 rings (SSSR count). The van der Waals surface area contributed by atoms with E-state index < -0.39 is 11.9 Å². The summed E-state index contributed by atoms with van der Waals surface area (Å²) >= 11 is 0. The molecular weight excluding hydrogens is 447 g/mol. The summed E-state index contributed by atoms with van der Waals surface area (Å²) in [6.07, 6.45) is -3.02. The van der Waals surface area contributed by atoms with Crippen molar-refractivity contribution in [2.45, 2.75) is 26.6 Å². The van der Waals surface area contributed by atoms with Gasteiger partial charge in [0.25, 0.3) is 5.91 Å². The third-order valence-electron chi connectivity index (χ3n) is 5.54. The number of amides is 1. The quantitative estimate of drug-likeness (QED) is 0.469. The third-order valence-corrected chi connectivity index (χ3v) is 5.54. The van der Waals surface area contributed by atoms with Crippen LogP contribution in [0.5, 0.6) is 0 Å². The van der Waals surface area contributed by atoms with Crippen molar-refractivity contribution in [3.05, 3.63) is 71.2 Å². The first kappa shape index (κ1) is 23.4. The molecule has 0 bridgehead atoms. The summed E-state index contributed by atoms with van der Waals surface area (Å²) in [5.41, 5.74) is 3.21. The summed E-state index contributed by atoms with van der Waals surface area (Å²) in [5.74, 6) is -0.271. The van der Waals surface area contributed by atoms with Crippen LogP contribution in [-0.4, -0.2) is 44.4 Å². The molecule has 0 saturated heterocycles. The van der Waals surface area contributed by atoms with Crippen LogP contribution in [0, 0.1) is 13.8 Å². The number of hydrogen-bond donors (Lipinski definition) is 1. The molecule has 0 atom stereocenters. The first-order chi connectivity index (χ1) is 16.1. The van der Waals surface area contributed by atoms with E-state index in [-0.39, 0.29) is 24.6 Å². The second-order valence-corrected chi connectivity index (χ2v) is 7.92. The SMILES string of the molecule is Cc1cc(-c2ccc3nc(C(F)(F)F)cc(C)c3n2)ccc1N(C)C(=O)c1ccnn1CCO. The molecule has 0 aliphatic rings. The molecule has 34 heavy (non-hydrogen) atoms. The monoisotopic (exact) mass is 469 g/mol. The van der Waals surface area contributed by atoms with Crippen LogP contribution in [0.4, 0.5) is 18.9 Å². The second kappa shape index (κ2) is 8.86. The number of aromatic nitrogens is 4. The highest BCUT2D eigenvalue weighted by Gasteiger charge is 2.33. The molecule has 7 nitrogen and oxygen atoms in total. The Kier molecular flexibility index (Phi) is 6.09. The topological polar surface area (TPSA) is 84.1 Å². The number of aliphatic hydroxyl groups is 1. The lowest BCUT2D eigenvalue weighted by molar-refractivity contribution is -0.141. The first-order valence-electron chi connectivity index (χ1n) is 10.5. The lowest BCUT2D eigenvalue weighted by Crippen LogP contribution is -2.29. The second-order valence-electron chi connectivity index (χ2n) is 7.92. The van der Waals surface area contributed by atoms with Crippen LogP contribution in [0.2, 0.25) is 0 Å². The van der Waals surface area contributed by atoms with Gasteiger partial charge in [-0.1, -0.05) is 6.07 Å². The molecule has 0 saturated carbocycles. The highest BCUT2D eigenvalue weighted by Crippen LogP contribution is 2.32. The van der Waals surface area contributed by atoms with Gasteiger partial charge in [0.05, 0.1) is 29.9 Å². The molecule has 3 heterocycles. The Hall–Kier alpha value is -3.79. The van der Waals surface area contributed by atoms with Gasteiger partial charge in [0.2, 0.25) is 0 Å². The molecule has 0 radical (unpaired) electrons. The minimum atomic E-state index is -4.52. The molecule has 10 heteroatoms. The Morgan fingerprint density at radius 1 is 1.06 bits per heavy atom. The van der Waals surface area contributed by atoms with Gasteiger partial charge in [-0.2, -0.15) is 18.3 Å². The van der Waals surface area contributed by atoms with Gasteiger partial charge in [0, 0.05) is 24.5 Å². The lowest BCUT2D eigenvalue weighted by Gasteiger charge is -2.20. The smallest absolute Gasteiger partial charge is 0.394 e. The maximum Gasteiger partial charge on any atom is 0.433 e. The van der Waals surface area contributed by atoms with Crippen LogP contribution < -0.4 is 4.90 Å². The van der Waals surface area contributed by atoms with Crippen molar-refractivity contribution in [3.8, 4) is 11.3 Å². The van der Waals surface area contributed by atoms with E-state index >= 15 is 0 Å². The first-order valence-corrected chi connectivity index (χ1v) is 10.5. The van der Waals surface area contributed by atoms with Crippen molar-refractivity contribution in [2.24, 2.45) is 0 Å². The van der Waals surface area contributed by atoms with Gasteiger partial charge in [-0.25, -0.2) is 9.97 Å². The van der Waals surface area contributed by atoms with E-state index in [2.05, 4.69) is 15.1 Å². The fraction of sp³-hybridized carbons (Fsp3) is 0.250. The van der Waals surface area contributed by atoms with E-state index in [1.165, 1.54) is 21.8 Å². The maximum atomic E-state index is 13.1. The Morgan fingerprint density at radius 3 is 2.50 bits per heavy atom. The number of alkyl halides is 3. The normalized spacial score (nSPS) is 11.7. The van der Waals surface area contributed by atoms with Crippen molar-refractivity contribution >= 4 is 22.6 Å².